The van der Waals surface area contributed by atoms with E-state index in [4.69, 9.17) is 0 Å². The van der Waals surface area contributed by atoms with Gasteiger partial charge in [0.1, 0.15) is 0 Å². The summed E-state index contributed by atoms with van der Waals surface area (Å²) in [5.74, 6) is 0. The van der Waals surface area contributed by atoms with Crippen molar-refractivity contribution >= 4 is 10.8 Å². The molecular formula is C13H18Ti. The first-order valence-corrected chi connectivity index (χ1v) is 3.48. The molecule has 0 N–H and O–H groups in total. The molecule has 0 aliphatic carbocycles. The van der Waals surface area contributed by atoms with Gasteiger partial charge in [0.2, 0.25) is 0 Å². The molecule has 0 heterocycles. The maximum Gasteiger partial charge on any atom is 4.00 e. The van der Waals surface area contributed by atoms with Gasteiger partial charge in [-0.1, -0.05) is 13.0 Å². The second-order valence-corrected chi connectivity index (χ2v) is 2.66. The molecule has 2 aromatic rings. The van der Waals surface area contributed by atoms with E-state index in [0.717, 1.165) is 0 Å². The average Bonchev–Trinajstić information content (AvgIpc) is 2.27. The fourth-order valence-electron chi connectivity index (χ4n) is 1.31. The third-order valence-corrected chi connectivity index (χ3v) is 1.76. The van der Waals surface area contributed by atoms with Crippen LogP contribution in [0.1, 0.15) is 5.56 Å². The summed E-state index contributed by atoms with van der Waals surface area (Å²) in [5.41, 5.74) is 1.35. The van der Waals surface area contributed by atoms with Crippen molar-refractivity contribution in [2.75, 3.05) is 0 Å². The number of fused-ring (bicyclic) bond motifs is 1. The van der Waals surface area contributed by atoms with Crippen LogP contribution in [0.15, 0.2) is 36.4 Å². The Morgan fingerprint density at radius 3 is 2.14 bits per heavy atom. The maximum absolute atomic E-state index is 2.20. The van der Waals surface area contributed by atoms with Crippen molar-refractivity contribution in [2.45, 2.75) is 6.92 Å². The fraction of sp³-hybridized carbons (Fsp3) is 0.0769. The largest absolute Gasteiger partial charge is 4.00 e. The summed E-state index contributed by atoms with van der Waals surface area (Å²) in [4.78, 5) is 0. The van der Waals surface area contributed by atoms with Gasteiger partial charge in [-0.15, -0.1) is 40.6 Å². The number of aryl methyl sites for hydroxylation is 1. The first kappa shape index (κ1) is 19.2. The molecule has 0 atom stereocenters. The Morgan fingerprint density at radius 2 is 1.57 bits per heavy atom. The van der Waals surface area contributed by atoms with Crippen LogP contribution in [0.4, 0.5) is 0 Å². The predicted molar refractivity (Wildman–Crippen MR) is 63.5 cm³/mol. The maximum atomic E-state index is 2.20. The molecular weight excluding hydrogens is 204 g/mol. The van der Waals surface area contributed by atoms with Gasteiger partial charge in [0, 0.05) is 0 Å². The van der Waals surface area contributed by atoms with Gasteiger partial charge in [-0.2, -0.15) is 6.07 Å². The van der Waals surface area contributed by atoms with Crippen LogP contribution in [0.3, 0.4) is 0 Å². The second kappa shape index (κ2) is 7.90. The van der Waals surface area contributed by atoms with Crippen molar-refractivity contribution in [3.05, 3.63) is 64.2 Å². The summed E-state index contributed by atoms with van der Waals surface area (Å²) in [5, 5.41) is 2.69. The summed E-state index contributed by atoms with van der Waals surface area (Å²) < 4.78 is 0. The Hall–Kier alpha value is -0.456. The SMILES string of the molecule is Cc1cc2ccccc2[cH-]1.[CH3-].[CH3-].[CH3-].[Ti+4]. The molecule has 2 aromatic carbocycles. The van der Waals surface area contributed by atoms with Gasteiger partial charge in [0.05, 0.1) is 0 Å². The van der Waals surface area contributed by atoms with E-state index in [1.807, 2.05) is 0 Å². The van der Waals surface area contributed by atoms with Crippen LogP contribution in [0.2, 0.25) is 0 Å². The Labute approximate surface area is 104 Å². The first-order valence-electron chi connectivity index (χ1n) is 3.48. The zero-order valence-electron chi connectivity index (χ0n) is 9.46. The van der Waals surface area contributed by atoms with Crippen LogP contribution >= 0.6 is 0 Å². The quantitative estimate of drug-likeness (QED) is 0.462. The van der Waals surface area contributed by atoms with E-state index in [0.29, 0.717) is 0 Å². The molecule has 0 amide bonds. The normalized spacial score (nSPS) is 7.50. The molecule has 0 aliphatic heterocycles. The molecule has 74 valence electrons. The third-order valence-electron chi connectivity index (χ3n) is 1.76. The molecule has 0 nitrogen and oxygen atoms in total. The van der Waals surface area contributed by atoms with E-state index in [1.165, 1.54) is 16.3 Å². The van der Waals surface area contributed by atoms with Crippen molar-refractivity contribution in [3.8, 4) is 0 Å². The van der Waals surface area contributed by atoms with E-state index >= 15 is 0 Å². The topological polar surface area (TPSA) is 0 Å². The molecule has 0 aliphatic rings. The molecule has 1 heteroatoms. The van der Waals surface area contributed by atoms with Crippen molar-refractivity contribution in [3.63, 3.8) is 0 Å². The summed E-state index contributed by atoms with van der Waals surface area (Å²) in [6.07, 6.45) is 0. The Kier molecular flexibility index (Phi) is 10.8. The van der Waals surface area contributed by atoms with Gasteiger partial charge in [-0.3, -0.25) is 0 Å². The number of benzene rings is 1. The Balaban J connectivity index is -0.000000302. The standard InChI is InChI=1S/C10H9.3CH3.Ti/c1-8-6-9-4-2-3-5-10(9)7-8;;;;/h2-7H,1H3;3*1H3;/q4*-1;+4. The number of hydrogen-bond acceptors (Lipinski definition) is 0. The third kappa shape index (κ3) is 3.73. The zero-order valence-corrected chi connectivity index (χ0v) is 11.0. The van der Waals surface area contributed by atoms with Crippen molar-refractivity contribution in [2.24, 2.45) is 0 Å². The Bertz CT molecular complexity index is 314. The van der Waals surface area contributed by atoms with Crippen LogP contribution in [0.5, 0.6) is 0 Å². The second-order valence-electron chi connectivity index (χ2n) is 2.66. The smallest absolute Gasteiger partial charge is 0.358 e. The number of hydrogen-bond donors (Lipinski definition) is 0. The van der Waals surface area contributed by atoms with Gasteiger partial charge in [0.25, 0.3) is 0 Å². The van der Waals surface area contributed by atoms with E-state index < -0.39 is 0 Å². The monoisotopic (exact) mass is 222 g/mol. The molecule has 0 unspecified atom stereocenters. The minimum atomic E-state index is 0. The zero-order chi connectivity index (χ0) is 6.97. The fourth-order valence-corrected chi connectivity index (χ4v) is 1.31. The van der Waals surface area contributed by atoms with Crippen LogP contribution in [0.25, 0.3) is 10.8 Å². The van der Waals surface area contributed by atoms with Gasteiger partial charge in [-0.05, 0) is 0 Å². The van der Waals surface area contributed by atoms with E-state index in [-0.39, 0.29) is 44.0 Å². The van der Waals surface area contributed by atoms with Crippen molar-refractivity contribution in [1.82, 2.24) is 0 Å². The molecule has 0 fully saturated rings. The van der Waals surface area contributed by atoms with E-state index in [1.54, 1.807) is 0 Å². The summed E-state index contributed by atoms with van der Waals surface area (Å²) in [6, 6.07) is 12.8. The van der Waals surface area contributed by atoms with Crippen molar-refractivity contribution in [1.29, 1.82) is 0 Å². The molecule has 0 radical (unpaired) electrons. The van der Waals surface area contributed by atoms with Crippen LogP contribution < -0.4 is 0 Å². The Morgan fingerprint density at radius 1 is 1.00 bits per heavy atom. The molecule has 0 saturated carbocycles. The minimum Gasteiger partial charge on any atom is -0.358 e. The number of rotatable bonds is 0. The summed E-state index contributed by atoms with van der Waals surface area (Å²) in [6.45, 7) is 2.12. The summed E-state index contributed by atoms with van der Waals surface area (Å²) in [7, 11) is 0. The molecule has 0 bridgehead atoms. The van der Waals surface area contributed by atoms with E-state index in [2.05, 4.69) is 43.3 Å². The van der Waals surface area contributed by atoms with Crippen LogP contribution in [-0.4, -0.2) is 0 Å². The molecule has 0 aromatic heterocycles. The van der Waals surface area contributed by atoms with Crippen LogP contribution in [0, 0.1) is 29.2 Å². The van der Waals surface area contributed by atoms with E-state index in [9.17, 15) is 0 Å². The average molecular weight is 222 g/mol. The first-order chi connectivity index (χ1) is 4.86. The minimum absolute atomic E-state index is 0. The van der Waals surface area contributed by atoms with Gasteiger partial charge < -0.3 is 22.3 Å². The van der Waals surface area contributed by atoms with Gasteiger partial charge >= 0.3 is 21.7 Å². The van der Waals surface area contributed by atoms with Crippen LogP contribution in [-0.2, 0) is 21.7 Å². The van der Waals surface area contributed by atoms with Gasteiger partial charge in [-0.25, -0.2) is 0 Å². The molecule has 0 saturated heterocycles. The molecule has 2 rings (SSSR count). The molecule has 14 heavy (non-hydrogen) atoms. The van der Waals surface area contributed by atoms with Crippen molar-refractivity contribution < 1.29 is 21.7 Å². The van der Waals surface area contributed by atoms with Gasteiger partial charge in [0.15, 0.2) is 0 Å². The predicted octanol–water partition coefficient (Wildman–Crippen LogP) is 4.22. The molecule has 0 spiro atoms. The summed E-state index contributed by atoms with van der Waals surface area (Å²) >= 11 is 0.